The van der Waals surface area contributed by atoms with E-state index in [4.69, 9.17) is 4.74 Å². The summed E-state index contributed by atoms with van der Waals surface area (Å²) in [5.41, 5.74) is 3.93. The van der Waals surface area contributed by atoms with E-state index in [0.29, 0.717) is 11.3 Å². The highest BCUT2D eigenvalue weighted by atomic mass is 16.5. The molecule has 6 rings (SSSR count). The first-order valence-electron chi connectivity index (χ1n) is 10.7. The number of methoxy groups -OCH3 is 1. The third-order valence-electron chi connectivity index (χ3n) is 7.43. The van der Waals surface area contributed by atoms with Crippen molar-refractivity contribution in [1.29, 1.82) is 0 Å². The van der Waals surface area contributed by atoms with Gasteiger partial charge in [-0.25, -0.2) is 4.79 Å². The van der Waals surface area contributed by atoms with E-state index in [-0.39, 0.29) is 11.4 Å². The summed E-state index contributed by atoms with van der Waals surface area (Å²) in [7, 11) is 1.38. The van der Waals surface area contributed by atoms with Gasteiger partial charge >= 0.3 is 5.97 Å². The Labute approximate surface area is 172 Å². The highest BCUT2D eigenvalue weighted by molar-refractivity contribution is 5.89. The highest BCUT2D eigenvalue weighted by Gasteiger charge is 2.52. The summed E-state index contributed by atoms with van der Waals surface area (Å²) in [4.78, 5) is 11.5. The Morgan fingerprint density at radius 3 is 2.03 bits per heavy atom. The van der Waals surface area contributed by atoms with Crippen LogP contribution in [0.3, 0.4) is 0 Å². The molecule has 29 heavy (non-hydrogen) atoms. The number of esters is 1. The van der Waals surface area contributed by atoms with E-state index in [1.807, 2.05) is 30.4 Å². The van der Waals surface area contributed by atoms with Gasteiger partial charge in [-0.2, -0.15) is 0 Å². The van der Waals surface area contributed by atoms with E-state index < -0.39 is 0 Å². The zero-order valence-electron chi connectivity index (χ0n) is 16.9. The van der Waals surface area contributed by atoms with Crippen LogP contribution in [-0.2, 0) is 10.2 Å². The van der Waals surface area contributed by atoms with Crippen LogP contribution < -0.4 is 0 Å². The van der Waals surface area contributed by atoms with E-state index in [9.17, 15) is 9.90 Å². The molecule has 4 fully saturated rings. The first-order chi connectivity index (χ1) is 14.0. The van der Waals surface area contributed by atoms with Crippen LogP contribution >= 0.6 is 0 Å². The topological polar surface area (TPSA) is 46.5 Å². The third-order valence-corrected chi connectivity index (χ3v) is 7.43. The summed E-state index contributed by atoms with van der Waals surface area (Å²) < 4.78 is 4.73. The fraction of sp³-hybridized carbons (Fsp3) is 0.423. The fourth-order valence-electron chi connectivity index (χ4n) is 6.58. The molecule has 2 aromatic rings. The maximum atomic E-state index is 11.5. The standard InChI is InChI=1S/C26H28O3/c1-29-25(28)22-7-4-17(5-8-22)2-3-18-6-9-23(24(27)13-18)26-14-19-10-20(15-26)12-21(11-19)16-26/h2-9,13,19-21,27H,10-12,14-16H2,1H3/b3-2+. The molecule has 0 saturated heterocycles. The number of carbonyl (C=O) groups is 1. The number of rotatable bonds is 4. The molecule has 2 aromatic carbocycles. The van der Waals surface area contributed by atoms with Crippen molar-refractivity contribution in [2.24, 2.45) is 17.8 Å². The summed E-state index contributed by atoms with van der Waals surface area (Å²) >= 11 is 0. The Kier molecular flexibility index (Phi) is 4.49. The Balaban J connectivity index is 1.35. The maximum Gasteiger partial charge on any atom is 0.337 e. The molecule has 1 N–H and O–H groups in total. The lowest BCUT2D eigenvalue weighted by Crippen LogP contribution is -2.48. The van der Waals surface area contributed by atoms with Gasteiger partial charge in [0, 0.05) is 5.56 Å². The molecule has 0 radical (unpaired) electrons. The normalized spacial score (nSPS) is 30.0. The smallest absolute Gasteiger partial charge is 0.337 e. The molecule has 4 aliphatic carbocycles. The van der Waals surface area contributed by atoms with Gasteiger partial charge in [-0.3, -0.25) is 0 Å². The van der Waals surface area contributed by atoms with Crippen LogP contribution in [0.15, 0.2) is 42.5 Å². The molecule has 0 heterocycles. The van der Waals surface area contributed by atoms with Crippen LogP contribution in [-0.4, -0.2) is 18.2 Å². The van der Waals surface area contributed by atoms with Crippen LogP contribution in [0, 0.1) is 17.8 Å². The minimum absolute atomic E-state index is 0.213. The SMILES string of the molecule is COC(=O)c1ccc(/C=C/c2ccc(C34CC5CC(CC(C5)C3)C4)c(O)c2)cc1. The Morgan fingerprint density at radius 2 is 1.48 bits per heavy atom. The van der Waals surface area contributed by atoms with Crippen molar-refractivity contribution in [2.45, 2.75) is 43.9 Å². The first-order valence-corrected chi connectivity index (χ1v) is 10.7. The molecule has 0 unspecified atom stereocenters. The molecule has 0 atom stereocenters. The second kappa shape index (κ2) is 7.05. The minimum Gasteiger partial charge on any atom is -0.508 e. The molecule has 4 saturated carbocycles. The van der Waals surface area contributed by atoms with Crippen molar-refractivity contribution in [1.82, 2.24) is 0 Å². The van der Waals surface area contributed by atoms with Gasteiger partial charge in [-0.1, -0.05) is 36.4 Å². The minimum atomic E-state index is -0.328. The van der Waals surface area contributed by atoms with E-state index in [1.54, 1.807) is 12.1 Å². The van der Waals surface area contributed by atoms with Crippen LogP contribution in [0.25, 0.3) is 12.2 Å². The number of hydrogen-bond acceptors (Lipinski definition) is 3. The summed E-state index contributed by atoms with van der Waals surface area (Å²) in [6.45, 7) is 0. The predicted octanol–water partition coefficient (Wildman–Crippen LogP) is 5.82. The average Bonchev–Trinajstić information content (AvgIpc) is 2.71. The number of phenolic OH excluding ortho intramolecular Hbond substituents is 1. The average molecular weight is 389 g/mol. The summed E-state index contributed by atoms with van der Waals surface area (Å²) in [5, 5.41) is 10.9. The Bertz CT molecular complexity index is 919. The lowest BCUT2D eigenvalue weighted by Gasteiger charge is -2.57. The van der Waals surface area contributed by atoms with Gasteiger partial charge in [0.15, 0.2) is 0 Å². The molecule has 4 bridgehead atoms. The number of ether oxygens (including phenoxy) is 1. The van der Waals surface area contributed by atoms with E-state index in [0.717, 1.165) is 28.9 Å². The molecule has 4 aliphatic rings. The third kappa shape index (κ3) is 3.37. The molecule has 3 heteroatoms. The van der Waals surface area contributed by atoms with Gasteiger partial charge in [0.05, 0.1) is 12.7 Å². The molecule has 0 aliphatic heterocycles. The molecule has 3 nitrogen and oxygen atoms in total. The maximum absolute atomic E-state index is 11.5. The number of hydrogen-bond donors (Lipinski definition) is 1. The monoisotopic (exact) mass is 388 g/mol. The fourth-order valence-corrected chi connectivity index (χ4v) is 6.58. The number of benzene rings is 2. The van der Waals surface area contributed by atoms with Gasteiger partial charge < -0.3 is 9.84 Å². The predicted molar refractivity (Wildman–Crippen MR) is 115 cm³/mol. The van der Waals surface area contributed by atoms with Gasteiger partial charge in [0.2, 0.25) is 0 Å². The lowest BCUT2D eigenvalue weighted by molar-refractivity contribution is -0.00613. The quantitative estimate of drug-likeness (QED) is 0.530. The summed E-state index contributed by atoms with van der Waals surface area (Å²) in [6, 6.07) is 13.5. The second-order valence-electron chi connectivity index (χ2n) is 9.42. The second-order valence-corrected chi connectivity index (χ2v) is 9.42. The van der Waals surface area contributed by atoms with Gasteiger partial charge in [-0.15, -0.1) is 0 Å². The molecule has 0 amide bonds. The first kappa shape index (κ1) is 18.5. The van der Waals surface area contributed by atoms with Crippen molar-refractivity contribution in [3.05, 3.63) is 64.7 Å². The van der Waals surface area contributed by atoms with Gasteiger partial charge in [-0.05, 0) is 91.0 Å². The van der Waals surface area contributed by atoms with Crippen LogP contribution in [0.5, 0.6) is 5.75 Å². The van der Waals surface area contributed by atoms with Crippen LogP contribution in [0.4, 0.5) is 0 Å². The largest absolute Gasteiger partial charge is 0.508 e. The van der Waals surface area contributed by atoms with Gasteiger partial charge in [0.25, 0.3) is 0 Å². The Morgan fingerprint density at radius 1 is 0.931 bits per heavy atom. The summed E-state index contributed by atoms with van der Waals surface area (Å²) in [6.07, 6.45) is 12.0. The lowest BCUT2D eigenvalue weighted by atomic mass is 9.48. The zero-order valence-corrected chi connectivity index (χ0v) is 16.9. The summed E-state index contributed by atoms with van der Waals surface area (Å²) in [5.74, 6) is 2.73. The van der Waals surface area contributed by atoms with E-state index in [2.05, 4.69) is 12.1 Å². The van der Waals surface area contributed by atoms with E-state index >= 15 is 0 Å². The van der Waals surface area contributed by atoms with Crippen molar-refractivity contribution in [3.63, 3.8) is 0 Å². The number of carbonyl (C=O) groups excluding carboxylic acids is 1. The van der Waals surface area contributed by atoms with Crippen molar-refractivity contribution in [3.8, 4) is 5.75 Å². The van der Waals surface area contributed by atoms with Gasteiger partial charge in [0.1, 0.15) is 5.75 Å². The van der Waals surface area contributed by atoms with Crippen molar-refractivity contribution in [2.75, 3.05) is 7.11 Å². The molecular weight excluding hydrogens is 360 g/mol. The van der Waals surface area contributed by atoms with Crippen LogP contribution in [0.1, 0.15) is 65.6 Å². The number of aromatic hydroxyl groups is 1. The highest BCUT2D eigenvalue weighted by Crippen LogP contribution is 2.61. The van der Waals surface area contributed by atoms with Crippen molar-refractivity contribution >= 4 is 18.1 Å². The Hall–Kier alpha value is -2.55. The van der Waals surface area contributed by atoms with Crippen LogP contribution in [0.2, 0.25) is 0 Å². The molecular formula is C26H28O3. The molecule has 150 valence electrons. The molecule has 0 aromatic heterocycles. The van der Waals surface area contributed by atoms with Crippen molar-refractivity contribution < 1.29 is 14.6 Å². The van der Waals surface area contributed by atoms with E-state index in [1.165, 1.54) is 51.2 Å². The number of phenols is 1. The molecule has 0 spiro atoms. The zero-order chi connectivity index (χ0) is 20.0.